The van der Waals surface area contributed by atoms with Gasteiger partial charge in [0.15, 0.2) is 0 Å². The van der Waals surface area contributed by atoms with E-state index in [1.807, 2.05) is 0 Å². The fraction of sp³-hybridized carbons (Fsp3) is 0.333. The maximum absolute atomic E-state index is 14.5. The molecule has 0 bridgehead atoms. The second kappa shape index (κ2) is 7.47. The second-order valence-electron chi connectivity index (χ2n) is 7.10. The maximum Gasteiger partial charge on any atom is 0.253 e. The first-order valence-electron chi connectivity index (χ1n) is 9.30. The standard InChI is InChI=1S/C21H21F2N3O/c22-17-7-4-8-18-20(17)16(21(27)25-15-5-2-1-3-6-15)13-26(18)12-14-9-10-24-19(23)11-14/h4,7-11,13,15H,1-3,5-6,12H2,(H,25,27). The average molecular weight is 369 g/mol. The number of halogens is 2. The van der Waals surface area contributed by atoms with Gasteiger partial charge in [-0.25, -0.2) is 9.37 Å². The molecule has 3 aromatic rings. The third kappa shape index (κ3) is 3.70. The fourth-order valence-electron chi connectivity index (χ4n) is 3.86. The van der Waals surface area contributed by atoms with Crippen molar-refractivity contribution in [3.05, 3.63) is 65.6 Å². The zero-order chi connectivity index (χ0) is 18.8. The van der Waals surface area contributed by atoms with Crippen molar-refractivity contribution in [1.29, 1.82) is 0 Å². The second-order valence-corrected chi connectivity index (χ2v) is 7.10. The molecule has 1 N–H and O–H groups in total. The van der Waals surface area contributed by atoms with Gasteiger partial charge in [0.1, 0.15) is 5.82 Å². The van der Waals surface area contributed by atoms with Crippen molar-refractivity contribution in [2.75, 3.05) is 0 Å². The van der Waals surface area contributed by atoms with Crippen LogP contribution in [-0.4, -0.2) is 21.5 Å². The number of nitrogens with one attached hydrogen (secondary N) is 1. The molecule has 27 heavy (non-hydrogen) atoms. The number of benzene rings is 1. The molecule has 0 atom stereocenters. The molecular weight excluding hydrogens is 348 g/mol. The summed E-state index contributed by atoms with van der Waals surface area (Å²) in [6.45, 7) is 0.329. The van der Waals surface area contributed by atoms with Gasteiger partial charge in [-0.3, -0.25) is 4.79 Å². The summed E-state index contributed by atoms with van der Waals surface area (Å²) in [5, 5.41) is 3.36. The Balaban J connectivity index is 1.69. The molecule has 6 heteroatoms. The zero-order valence-corrected chi connectivity index (χ0v) is 14.9. The molecular formula is C21H21F2N3O. The molecule has 1 aromatic carbocycles. The Kier molecular flexibility index (Phi) is 4.88. The highest BCUT2D eigenvalue weighted by molar-refractivity contribution is 6.07. The topological polar surface area (TPSA) is 46.9 Å². The minimum atomic E-state index is -0.564. The van der Waals surface area contributed by atoms with Crippen molar-refractivity contribution in [2.24, 2.45) is 0 Å². The number of hydrogen-bond donors (Lipinski definition) is 1. The van der Waals surface area contributed by atoms with E-state index in [1.165, 1.54) is 24.8 Å². The van der Waals surface area contributed by atoms with Crippen LogP contribution in [0.4, 0.5) is 8.78 Å². The van der Waals surface area contributed by atoms with E-state index in [-0.39, 0.29) is 11.9 Å². The SMILES string of the molecule is O=C(NC1CCCCC1)c1cn(Cc2ccnc(F)c2)c2cccc(F)c12. The number of fused-ring (bicyclic) bond motifs is 1. The van der Waals surface area contributed by atoms with E-state index in [0.717, 1.165) is 25.7 Å². The van der Waals surface area contributed by atoms with Crippen molar-refractivity contribution in [3.8, 4) is 0 Å². The number of carbonyl (C=O) groups excluding carboxylic acids is 1. The predicted molar refractivity (Wildman–Crippen MR) is 99.5 cm³/mol. The van der Waals surface area contributed by atoms with Gasteiger partial charge in [0.05, 0.1) is 11.1 Å². The number of rotatable bonds is 4. The first-order valence-corrected chi connectivity index (χ1v) is 9.30. The van der Waals surface area contributed by atoms with Crippen LogP contribution in [0, 0.1) is 11.8 Å². The van der Waals surface area contributed by atoms with Gasteiger partial charge in [-0.2, -0.15) is 4.39 Å². The van der Waals surface area contributed by atoms with E-state index in [9.17, 15) is 13.6 Å². The van der Waals surface area contributed by atoms with E-state index in [0.29, 0.717) is 28.6 Å². The lowest BCUT2D eigenvalue weighted by atomic mass is 9.95. The first-order chi connectivity index (χ1) is 13.1. The van der Waals surface area contributed by atoms with Crippen molar-refractivity contribution in [3.63, 3.8) is 0 Å². The number of pyridine rings is 1. The normalized spacial score (nSPS) is 15.2. The lowest BCUT2D eigenvalue weighted by Gasteiger charge is -2.22. The molecule has 1 fully saturated rings. The van der Waals surface area contributed by atoms with Crippen LogP contribution in [0.15, 0.2) is 42.7 Å². The molecule has 0 radical (unpaired) electrons. The molecule has 1 aliphatic rings. The van der Waals surface area contributed by atoms with Crippen molar-refractivity contribution in [2.45, 2.75) is 44.7 Å². The highest BCUT2D eigenvalue weighted by Gasteiger charge is 2.22. The summed E-state index contributed by atoms with van der Waals surface area (Å²) in [6.07, 6.45) is 8.39. The first kappa shape index (κ1) is 17.6. The molecule has 1 saturated carbocycles. The highest BCUT2D eigenvalue weighted by atomic mass is 19.1. The van der Waals surface area contributed by atoms with E-state index < -0.39 is 11.8 Å². The number of aromatic nitrogens is 2. The summed E-state index contributed by atoms with van der Waals surface area (Å²) < 4.78 is 29.7. The third-order valence-corrected chi connectivity index (χ3v) is 5.18. The molecule has 0 spiro atoms. The van der Waals surface area contributed by atoms with Crippen LogP contribution in [-0.2, 0) is 6.54 Å². The number of carbonyl (C=O) groups is 1. The Morgan fingerprint density at radius 1 is 1.19 bits per heavy atom. The third-order valence-electron chi connectivity index (χ3n) is 5.18. The van der Waals surface area contributed by atoms with Crippen LogP contribution in [0.25, 0.3) is 10.9 Å². The summed E-state index contributed by atoms with van der Waals surface area (Å²) in [5.41, 5.74) is 1.63. The summed E-state index contributed by atoms with van der Waals surface area (Å²) in [6, 6.07) is 7.93. The number of nitrogens with zero attached hydrogens (tertiary/aromatic N) is 2. The Hall–Kier alpha value is -2.76. The van der Waals surface area contributed by atoms with E-state index in [4.69, 9.17) is 0 Å². The van der Waals surface area contributed by atoms with Gasteiger partial charge in [0.25, 0.3) is 5.91 Å². The Bertz CT molecular complexity index is 977. The van der Waals surface area contributed by atoms with Gasteiger partial charge >= 0.3 is 0 Å². The van der Waals surface area contributed by atoms with Gasteiger partial charge in [0.2, 0.25) is 5.95 Å². The summed E-state index contributed by atoms with van der Waals surface area (Å²) in [7, 11) is 0. The van der Waals surface area contributed by atoms with Gasteiger partial charge in [-0.05, 0) is 42.7 Å². The molecule has 1 amide bonds. The van der Waals surface area contributed by atoms with Crippen molar-refractivity contribution < 1.29 is 13.6 Å². The molecule has 1 aliphatic carbocycles. The molecule has 140 valence electrons. The Morgan fingerprint density at radius 3 is 2.78 bits per heavy atom. The van der Waals surface area contributed by atoms with Crippen LogP contribution in [0.3, 0.4) is 0 Å². The molecule has 0 saturated heterocycles. The predicted octanol–water partition coefficient (Wildman–Crippen LogP) is 4.43. The fourth-order valence-corrected chi connectivity index (χ4v) is 3.86. The van der Waals surface area contributed by atoms with Crippen LogP contribution >= 0.6 is 0 Å². The van der Waals surface area contributed by atoms with Gasteiger partial charge < -0.3 is 9.88 Å². The average Bonchev–Trinajstić information content (AvgIpc) is 3.03. The summed E-state index contributed by atoms with van der Waals surface area (Å²) in [5.74, 6) is -1.25. The number of hydrogen-bond acceptors (Lipinski definition) is 2. The van der Waals surface area contributed by atoms with Crippen LogP contribution in [0.5, 0.6) is 0 Å². The maximum atomic E-state index is 14.5. The largest absolute Gasteiger partial charge is 0.349 e. The zero-order valence-electron chi connectivity index (χ0n) is 14.9. The molecule has 0 aliphatic heterocycles. The smallest absolute Gasteiger partial charge is 0.253 e. The van der Waals surface area contributed by atoms with Crippen molar-refractivity contribution >= 4 is 16.8 Å². The van der Waals surface area contributed by atoms with E-state index >= 15 is 0 Å². The molecule has 4 rings (SSSR count). The van der Waals surface area contributed by atoms with Gasteiger partial charge in [-0.15, -0.1) is 0 Å². The van der Waals surface area contributed by atoms with Crippen LogP contribution in [0.1, 0.15) is 48.0 Å². The van der Waals surface area contributed by atoms with Gasteiger partial charge in [0, 0.05) is 30.4 Å². The lowest BCUT2D eigenvalue weighted by Crippen LogP contribution is -2.36. The van der Waals surface area contributed by atoms with Crippen LogP contribution in [0.2, 0.25) is 0 Å². The minimum Gasteiger partial charge on any atom is -0.349 e. The van der Waals surface area contributed by atoms with E-state index in [1.54, 1.807) is 29.0 Å². The Labute approximate surface area is 156 Å². The summed E-state index contributed by atoms with van der Waals surface area (Å²) in [4.78, 5) is 16.4. The molecule has 2 heterocycles. The lowest BCUT2D eigenvalue weighted by molar-refractivity contribution is 0.0929. The minimum absolute atomic E-state index is 0.144. The summed E-state index contributed by atoms with van der Waals surface area (Å²) >= 11 is 0. The molecule has 4 nitrogen and oxygen atoms in total. The monoisotopic (exact) mass is 369 g/mol. The molecule has 0 unspecified atom stereocenters. The highest BCUT2D eigenvalue weighted by Crippen LogP contribution is 2.26. The Morgan fingerprint density at radius 2 is 2.00 bits per heavy atom. The van der Waals surface area contributed by atoms with Crippen LogP contribution < -0.4 is 5.32 Å². The quantitative estimate of drug-likeness (QED) is 0.692. The van der Waals surface area contributed by atoms with Gasteiger partial charge in [-0.1, -0.05) is 25.3 Å². The van der Waals surface area contributed by atoms with Crippen molar-refractivity contribution in [1.82, 2.24) is 14.9 Å². The molecule has 2 aromatic heterocycles. The van der Waals surface area contributed by atoms with E-state index in [2.05, 4.69) is 10.3 Å². The number of amides is 1.